The van der Waals surface area contributed by atoms with E-state index in [2.05, 4.69) is 9.97 Å². The van der Waals surface area contributed by atoms with Gasteiger partial charge in [0.15, 0.2) is 5.65 Å². The van der Waals surface area contributed by atoms with Gasteiger partial charge in [-0.2, -0.15) is 0 Å². The molecule has 0 amide bonds. The van der Waals surface area contributed by atoms with Crippen LogP contribution in [0.2, 0.25) is 0 Å². The summed E-state index contributed by atoms with van der Waals surface area (Å²) in [6.45, 7) is 0.0352. The van der Waals surface area contributed by atoms with Gasteiger partial charge in [0.25, 0.3) is 0 Å². The zero-order valence-electron chi connectivity index (χ0n) is 9.69. The molecule has 0 radical (unpaired) electrons. The van der Waals surface area contributed by atoms with Crippen molar-refractivity contribution in [3.8, 4) is 0 Å². The summed E-state index contributed by atoms with van der Waals surface area (Å²) < 4.78 is 1.89. The molecule has 3 rings (SSSR count). The molecule has 0 fully saturated rings. The maximum Gasteiger partial charge on any atom is 0.159 e. The number of para-hydroxylation sites is 1. The molecule has 2 aromatic heterocycles. The highest BCUT2D eigenvalue weighted by Crippen LogP contribution is 2.25. The molecule has 0 aliphatic heterocycles. The third-order valence-electron chi connectivity index (χ3n) is 2.99. The van der Waals surface area contributed by atoms with Crippen molar-refractivity contribution >= 4 is 22.1 Å². The third kappa shape index (κ3) is 1.64. The minimum atomic E-state index is -0.800. The standard InChI is InChI=1S/C13H13N3O2/c17-8-9(18)7-16-11-4-2-1-3-10(11)12-13(16)15-6-5-14-12/h1-6,9,17-18H,7-8H2. The number of fused-ring (bicyclic) bond motifs is 3. The maximum absolute atomic E-state index is 9.63. The molecule has 1 atom stereocenters. The van der Waals surface area contributed by atoms with Crippen LogP contribution in [0, 0.1) is 0 Å². The summed E-state index contributed by atoms with van der Waals surface area (Å²) in [5.41, 5.74) is 2.51. The second-order valence-corrected chi connectivity index (χ2v) is 4.19. The SMILES string of the molecule is OCC(O)Cn1c2ccccc2c2nccnc21. The van der Waals surface area contributed by atoms with Gasteiger partial charge in [-0.15, -0.1) is 0 Å². The minimum absolute atomic E-state index is 0.270. The number of aromatic nitrogens is 3. The second-order valence-electron chi connectivity index (χ2n) is 4.19. The van der Waals surface area contributed by atoms with E-state index in [9.17, 15) is 5.11 Å². The van der Waals surface area contributed by atoms with Gasteiger partial charge in [-0.1, -0.05) is 18.2 Å². The smallest absolute Gasteiger partial charge is 0.159 e. The Kier molecular flexibility index (Phi) is 2.70. The number of aliphatic hydroxyl groups is 2. The van der Waals surface area contributed by atoms with Crippen LogP contribution in [0.4, 0.5) is 0 Å². The van der Waals surface area contributed by atoms with Crippen LogP contribution in [-0.2, 0) is 6.54 Å². The lowest BCUT2D eigenvalue weighted by atomic mass is 10.2. The van der Waals surface area contributed by atoms with E-state index in [1.54, 1.807) is 12.4 Å². The van der Waals surface area contributed by atoms with E-state index in [0.29, 0.717) is 6.54 Å². The van der Waals surface area contributed by atoms with Gasteiger partial charge in [0.1, 0.15) is 5.52 Å². The molecule has 0 bridgehead atoms. The van der Waals surface area contributed by atoms with Crippen LogP contribution in [0.15, 0.2) is 36.7 Å². The first kappa shape index (κ1) is 11.1. The van der Waals surface area contributed by atoms with E-state index in [1.165, 1.54) is 0 Å². The highest BCUT2D eigenvalue weighted by molar-refractivity contribution is 6.04. The number of nitrogens with zero attached hydrogens (tertiary/aromatic N) is 3. The number of hydrogen-bond acceptors (Lipinski definition) is 4. The van der Waals surface area contributed by atoms with Crippen LogP contribution in [0.3, 0.4) is 0 Å². The molecule has 0 saturated carbocycles. The molecule has 18 heavy (non-hydrogen) atoms. The van der Waals surface area contributed by atoms with E-state index < -0.39 is 6.10 Å². The van der Waals surface area contributed by atoms with Crippen molar-refractivity contribution in [2.45, 2.75) is 12.6 Å². The quantitative estimate of drug-likeness (QED) is 0.718. The Hall–Kier alpha value is -1.98. The first-order chi connectivity index (χ1) is 8.81. The maximum atomic E-state index is 9.63. The Morgan fingerprint density at radius 1 is 1.17 bits per heavy atom. The number of aliphatic hydroxyl groups excluding tert-OH is 2. The van der Waals surface area contributed by atoms with Crippen molar-refractivity contribution in [3.63, 3.8) is 0 Å². The van der Waals surface area contributed by atoms with Crippen molar-refractivity contribution in [3.05, 3.63) is 36.7 Å². The van der Waals surface area contributed by atoms with Gasteiger partial charge in [0.2, 0.25) is 0 Å². The first-order valence-electron chi connectivity index (χ1n) is 5.78. The van der Waals surface area contributed by atoms with Crippen LogP contribution in [0.1, 0.15) is 0 Å². The van der Waals surface area contributed by atoms with Crippen molar-refractivity contribution < 1.29 is 10.2 Å². The van der Waals surface area contributed by atoms with E-state index in [-0.39, 0.29) is 6.61 Å². The molecule has 0 saturated heterocycles. The molecule has 1 unspecified atom stereocenters. The summed E-state index contributed by atoms with van der Waals surface area (Å²) in [6, 6.07) is 7.82. The lowest BCUT2D eigenvalue weighted by Crippen LogP contribution is -2.19. The van der Waals surface area contributed by atoms with Crippen LogP contribution in [-0.4, -0.2) is 37.5 Å². The highest BCUT2D eigenvalue weighted by atomic mass is 16.3. The molecule has 5 nitrogen and oxygen atoms in total. The summed E-state index contributed by atoms with van der Waals surface area (Å²) in [4.78, 5) is 8.65. The molecule has 1 aromatic carbocycles. The molecule has 0 aliphatic rings. The predicted molar refractivity (Wildman–Crippen MR) is 68.1 cm³/mol. The monoisotopic (exact) mass is 243 g/mol. The number of rotatable bonds is 3. The molecular weight excluding hydrogens is 230 g/mol. The van der Waals surface area contributed by atoms with E-state index in [1.807, 2.05) is 28.8 Å². The van der Waals surface area contributed by atoms with Crippen molar-refractivity contribution in [1.82, 2.24) is 14.5 Å². The molecule has 92 valence electrons. The van der Waals surface area contributed by atoms with Gasteiger partial charge in [-0.3, -0.25) is 4.98 Å². The Labute approximate surface area is 103 Å². The van der Waals surface area contributed by atoms with Crippen molar-refractivity contribution in [2.24, 2.45) is 0 Å². The summed E-state index contributed by atoms with van der Waals surface area (Å²) >= 11 is 0. The zero-order valence-corrected chi connectivity index (χ0v) is 9.69. The zero-order chi connectivity index (χ0) is 12.5. The average Bonchev–Trinajstić information content (AvgIpc) is 2.74. The largest absolute Gasteiger partial charge is 0.394 e. The van der Waals surface area contributed by atoms with Crippen LogP contribution < -0.4 is 0 Å². The van der Waals surface area contributed by atoms with Crippen LogP contribution >= 0.6 is 0 Å². The number of hydrogen-bond donors (Lipinski definition) is 2. The molecule has 0 aliphatic carbocycles. The molecule has 3 aromatic rings. The third-order valence-corrected chi connectivity index (χ3v) is 2.99. The minimum Gasteiger partial charge on any atom is -0.394 e. The van der Waals surface area contributed by atoms with Crippen molar-refractivity contribution in [1.29, 1.82) is 0 Å². The Balaban J connectivity index is 2.31. The Bertz CT molecular complexity index is 640. The van der Waals surface area contributed by atoms with Crippen LogP contribution in [0.5, 0.6) is 0 Å². The summed E-state index contributed by atoms with van der Waals surface area (Å²) in [5, 5.41) is 19.6. The highest BCUT2D eigenvalue weighted by Gasteiger charge is 2.14. The van der Waals surface area contributed by atoms with Crippen LogP contribution in [0.25, 0.3) is 22.1 Å². The lowest BCUT2D eigenvalue weighted by molar-refractivity contribution is 0.0830. The average molecular weight is 243 g/mol. The topological polar surface area (TPSA) is 71.2 Å². The summed E-state index contributed by atoms with van der Waals surface area (Å²) in [5.74, 6) is 0. The van der Waals surface area contributed by atoms with Gasteiger partial charge in [-0.25, -0.2) is 4.98 Å². The fourth-order valence-electron chi connectivity index (χ4n) is 2.19. The summed E-state index contributed by atoms with van der Waals surface area (Å²) in [6.07, 6.45) is 2.48. The van der Waals surface area contributed by atoms with E-state index in [0.717, 1.165) is 22.1 Å². The molecule has 2 N–H and O–H groups in total. The van der Waals surface area contributed by atoms with Gasteiger partial charge < -0.3 is 14.8 Å². The molecule has 0 spiro atoms. The second kappa shape index (κ2) is 4.36. The summed E-state index contributed by atoms with van der Waals surface area (Å²) in [7, 11) is 0. The fraction of sp³-hybridized carbons (Fsp3) is 0.231. The lowest BCUT2D eigenvalue weighted by Gasteiger charge is -2.10. The fourth-order valence-corrected chi connectivity index (χ4v) is 2.19. The van der Waals surface area contributed by atoms with Gasteiger partial charge >= 0.3 is 0 Å². The van der Waals surface area contributed by atoms with Crippen molar-refractivity contribution in [2.75, 3.05) is 6.61 Å². The molecule has 5 heteroatoms. The Morgan fingerprint density at radius 3 is 2.78 bits per heavy atom. The molecular formula is C13H13N3O2. The van der Waals surface area contributed by atoms with Gasteiger partial charge in [0, 0.05) is 17.8 Å². The van der Waals surface area contributed by atoms with E-state index in [4.69, 9.17) is 5.11 Å². The predicted octanol–water partition coefficient (Wildman–Crippen LogP) is 0.938. The number of benzene rings is 1. The Morgan fingerprint density at radius 2 is 1.94 bits per heavy atom. The normalized spacial score (nSPS) is 13.2. The molecule has 2 heterocycles. The van der Waals surface area contributed by atoms with Gasteiger partial charge in [0.05, 0.1) is 24.8 Å². The van der Waals surface area contributed by atoms with E-state index >= 15 is 0 Å². The first-order valence-corrected chi connectivity index (χ1v) is 5.78. The van der Waals surface area contributed by atoms with Gasteiger partial charge in [-0.05, 0) is 6.07 Å².